The van der Waals surface area contributed by atoms with Crippen LogP contribution >= 0.6 is 0 Å². The maximum Gasteiger partial charge on any atom is 0.191 e. The molecule has 0 radical (unpaired) electrons. The van der Waals surface area contributed by atoms with Crippen LogP contribution in [0.5, 0.6) is 0 Å². The molecule has 1 aromatic heterocycles. The number of rotatable bonds is 10. The number of nitrogens with one attached hydrogen (secondary N) is 2. The molecule has 0 spiro atoms. The van der Waals surface area contributed by atoms with Gasteiger partial charge < -0.3 is 24.8 Å². The van der Waals surface area contributed by atoms with Gasteiger partial charge in [-0.2, -0.15) is 0 Å². The van der Waals surface area contributed by atoms with E-state index >= 15 is 0 Å². The van der Waals surface area contributed by atoms with Crippen LogP contribution in [0.4, 0.5) is 0 Å². The van der Waals surface area contributed by atoms with Gasteiger partial charge in [0.25, 0.3) is 0 Å². The smallest absolute Gasteiger partial charge is 0.191 e. The van der Waals surface area contributed by atoms with Gasteiger partial charge in [0, 0.05) is 52.5 Å². The number of aliphatic imine (C=N–C) groups is 1. The lowest BCUT2D eigenvalue weighted by Gasteiger charge is -2.34. The summed E-state index contributed by atoms with van der Waals surface area (Å²) in [7, 11) is 1.98. The third-order valence-corrected chi connectivity index (χ3v) is 5.08. The highest BCUT2D eigenvalue weighted by atomic mass is 16.5. The van der Waals surface area contributed by atoms with Crippen molar-refractivity contribution in [3.8, 4) is 0 Å². The topological polar surface area (TPSA) is 79.6 Å². The standard InChI is InChI=1S/C20H39N7O/c1-6-28-13-7-10-21-20(22-14-19-25-24-17(4)26(19)5)23-18-8-11-27(12-9-18)15-16(2)3/h16,18H,6-15H2,1-5H3,(H2,21,22,23). The highest BCUT2D eigenvalue weighted by Crippen LogP contribution is 2.12. The van der Waals surface area contributed by atoms with Crippen LogP contribution in [0.15, 0.2) is 4.99 Å². The molecule has 0 atom stereocenters. The van der Waals surface area contributed by atoms with Crippen LogP contribution in [0.1, 0.15) is 51.7 Å². The fourth-order valence-electron chi connectivity index (χ4n) is 3.39. The van der Waals surface area contributed by atoms with Crippen molar-refractivity contribution < 1.29 is 4.74 Å². The molecule has 2 rings (SSSR count). The Balaban J connectivity index is 1.88. The predicted octanol–water partition coefficient (Wildman–Crippen LogP) is 1.71. The van der Waals surface area contributed by atoms with Crippen molar-refractivity contribution in [1.82, 2.24) is 30.3 Å². The highest BCUT2D eigenvalue weighted by molar-refractivity contribution is 5.80. The number of guanidine groups is 1. The summed E-state index contributed by atoms with van der Waals surface area (Å²) in [6.07, 6.45) is 3.26. The Morgan fingerprint density at radius 3 is 2.64 bits per heavy atom. The highest BCUT2D eigenvalue weighted by Gasteiger charge is 2.20. The Hall–Kier alpha value is -1.67. The second kappa shape index (κ2) is 12.0. The van der Waals surface area contributed by atoms with E-state index in [0.29, 0.717) is 12.6 Å². The first-order valence-corrected chi connectivity index (χ1v) is 10.7. The average Bonchev–Trinajstić information content (AvgIpc) is 2.98. The SMILES string of the molecule is CCOCCCNC(=NCc1nnc(C)n1C)NC1CCN(CC(C)C)CC1. The molecule has 8 nitrogen and oxygen atoms in total. The Labute approximate surface area is 170 Å². The number of nitrogens with zero attached hydrogens (tertiary/aromatic N) is 5. The minimum absolute atomic E-state index is 0.461. The molecule has 8 heteroatoms. The molecule has 2 heterocycles. The Kier molecular flexibility index (Phi) is 9.70. The summed E-state index contributed by atoms with van der Waals surface area (Å²) in [5, 5.41) is 15.4. The Bertz CT molecular complexity index is 591. The molecule has 1 saturated heterocycles. The molecule has 1 aromatic rings. The van der Waals surface area contributed by atoms with Gasteiger partial charge in [-0.1, -0.05) is 13.8 Å². The Morgan fingerprint density at radius 1 is 1.29 bits per heavy atom. The Morgan fingerprint density at radius 2 is 2.04 bits per heavy atom. The van der Waals surface area contributed by atoms with Gasteiger partial charge in [-0.25, -0.2) is 4.99 Å². The summed E-state index contributed by atoms with van der Waals surface area (Å²) >= 11 is 0. The third-order valence-electron chi connectivity index (χ3n) is 5.08. The molecule has 2 N–H and O–H groups in total. The zero-order valence-corrected chi connectivity index (χ0v) is 18.4. The van der Waals surface area contributed by atoms with E-state index in [9.17, 15) is 0 Å². The van der Waals surface area contributed by atoms with Crippen molar-refractivity contribution >= 4 is 5.96 Å². The summed E-state index contributed by atoms with van der Waals surface area (Å²) in [4.78, 5) is 7.33. The second-order valence-corrected chi connectivity index (χ2v) is 7.98. The molecule has 0 amide bonds. The molecule has 28 heavy (non-hydrogen) atoms. The van der Waals surface area contributed by atoms with Gasteiger partial charge in [-0.15, -0.1) is 10.2 Å². The van der Waals surface area contributed by atoms with Gasteiger partial charge in [-0.3, -0.25) is 0 Å². The molecule has 0 unspecified atom stereocenters. The summed E-state index contributed by atoms with van der Waals surface area (Å²) < 4.78 is 7.42. The van der Waals surface area contributed by atoms with Crippen molar-refractivity contribution in [3.05, 3.63) is 11.6 Å². The normalized spacial score (nSPS) is 16.7. The first-order valence-electron chi connectivity index (χ1n) is 10.7. The van der Waals surface area contributed by atoms with E-state index in [4.69, 9.17) is 9.73 Å². The van der Waals surface area contributed by atoms with E-state index in [0.717, 1.165) is 75.6 Å². The number of aromatic nitrogens is 3. The third kappa shape index (κ3) is 7.75. The number of ether oxygens (including phenoxy) is 1. The maximum atomic E-state index is 5.43. The van der Waals surface area contributed by atoms with Crippen molar-refractivity contribution in [1.29, 1.82) is 0 Å². The first kappa shape index (κ1) is 22.6. The fourth-order valence-corrected chi connectivity index (χ4v) is 3.39. The average molecular weight is 394 g/mol. The lowest BCUT2D eigenvalue weighted by Crippen LogP contribution is -2.49. The molecule has 0 saturated carbocycles. The second-order valence-electron chi connectivity index (χ2n) is 7.98. The molecule has 0 bridgehead atoms. The van der Waals surface area contributed by atoms with Crippen molar-refractivity contribution in [2.24, 2.45) is 18.0 Å². The molecule has 160 valence electrons. The predicted molar refractivity (Wildman–Crippen MR) is 113 cm³/mol. The van der Waals surface area contributed by atoms with Gasteiger partial charge in [0.1, 0.15) is 12.4 Å². The van der Waals surface area contributed by atoms with E-state index in [1.165, 1.54) is 6.54 Å². The molecule has 0 aromatic carbocycles. The summed E-state index contributed by atoms with van der Waals surface area (Å²) in [6.45, 7) is 14.9. The van der Waals surface area contributed by atoms with Crippen LogP contribution in [-0.2, 0) is 18.3 Å². The number of hydrogen-bond acceptors (Lipinski definition) is 5. The molecular weight excluding hydrogens is 354 g/mol. The van der Waals surface area contributed by atoms with Gasteiger partial charge in [0.15, 0.2) is 11.8 Å². The van der Waals surface area contributed by atoms with Crippen molar-refractivity contribution in [2.45, 2.75) is 59.5 Å². The molecule has 0 aliphatic carbocycles. The van der Waals surface area contributed by atoms with Gasteiger partial charge in [0.05, 0.1) is 0 Å². The summed E-state index contributed by atoms with van der Waals surface area (Å²) in [5.41, 5.74) is 0. The monoisotopic (exact) mass is 393 g/mol. The largest absolute Gasteiger partial charge is 0.382 e. The van der Waals surface area contributed by atoms with Gasteiger partial charge >= 0.3 is 0 Å². The molecule has 1 aliphatic rings. The van der Waals surface area contributed by atoms with Crippen LogP contribution < -0.4 is 10.6 Å². The van der Waals surface area contributed by atoms with E-state index in [1.807, 2.05) is 25.5 Å². The van der Waals surface area contributed by atoms with Crippen LogP contribution in [0, 0.1) is 12.8 Å². The van der Waals surface area contributed by atoms with E-state index in [2.05, 4.69) is 39.6 Å². The number of piperidine rings is 1. The fraction of sp³-hybridized carbons (Fsp3) is 0.850. The number of likely N-dealkylation sites (tertiary alicyclic amines) is 1. The number of aryl methyl sites for hydroxylation is 1. The minimum atomic E-state index is 0.461. The quantitative estimate of drug-likeness (QED) is 0.358. The first-order chi connectivity index (χ1) is 13.5. The maximum absolute atomic E-state index is 5.43. The lowest BCUT2D eigenvalue weighted by molar-refractivity contribution is 0.145. The van der Waals surface area contributed by atoms with Crippen LogP contribution in [0.3, 0.4) is 0 Å². The van der Waals surface area contributed by atoms with Gasteiger partial charge in [-0.05, 0) is 39.0 Å². The van der Waals surface area contributed by atoms with Crippen molar-refractivity contribution in [2.75, 3.05) is 39.4 Å². The zero-order valence-electron chi connectivity index (χ0n) is 18.4. The van der Waals surface area contributed by atoms with E-state index < -0.39 is 0 Å². The summed E-state index contributed by atoms with van der Waals surface area (Å²) in [5.74, 6) is 3.37. The molecular formula is C20H39N7O. The van der Waals surface area contributed by atoms with E-state index in [-0.39, 0.29) is 0 Å². The van der Waals surface area contributed by atoms with Crippen LogP contribution in [0.25, 0.3) is 0 Å². The zero-order chi connectivity index (χ0) is 20.4. The molecule has 1 aliphatic heterocycles. The lowest BCUT2D eigenvalue weighted by atomic mass is 10.0. The van der Waals surface area contributed by atoms with Crippen molar-refractivity contribution in [3.63, 3.8) is 0 Å². The minimum Gasteiger partial charge on any atom is -0.382 e. The van der Waals surface area contributed by atoms with Gasteiger partial charge in [0.2, 0.25) is 0 Å². The molecule has 1 fully saturated rings. The summed E-state index contributed by atoms with van der Waals surface area (Å²) in [6, 6.07) is 0.461. The number of hydrogen-bond donors (Lipinski definition) is 2. The van der Waals surface area contributed by atoms with Crippen LogP contribution in [-0.4, -0.2) is 71.1 Å². The van der Waals surface area contributed by atoms with Crippen LogP contribution in [0.2, 0.25) is 0 Å². The van der Waals surface area contributed by atoms with E-state index in [1.54, 1.807) is 0 Å².